The number of hydrogen-bond acceptors (Lipinski definition) is 0. The highest BCUT2D eigenvalue weighted by molar-refractivity contribution is 5.42. The van der Waals surface area contributed by atoms with Crippen molar-refractivity contribution in [1.29, 1.82) is 0 Å². The van der Waals surface area contributed by atoms with Crippen LogP contribution < -0.4 is 0 Å². The van der Waals surface area contributed by atoms with Gasteiger partial charge < -0.3 is 0 Å². The lowest BCUT2D eigenvalue weighted by molar-refractivity contribution is 0.517. The van der Waals surface area contributed by atoms with E-state index in [2.05, 4.69) is 90.1 Å². The van der Waals surface area contributed by atoms with Crippen molar-refractivity contribution >= 4 is 0 Å². The Morgan fingerprint density at radius 1 is 0.857 bits per heavy atom. The molecule has 0 bridgehead atoms. The normalized spacial score (nSPS) is 16.3. The van der Waals surface area contributed by atoms with E-state index in [1.165, 1.54) is 22.3 Å². The maximum atomic E-state index is 2.33. The van der Waals surface area contributed by atoms with Crippen LogP contribution in [0.15, 0.2) is 59.7 Å². The second-order valence-electron chi connectivity index (χ2n) is 7.66. The molecule has 0 amide bonds. The highest BCUT2D eigenvalue weighted by atomic mass is 14.3. The molecule has 0 spiro atoms. The minimum atomic E-state index is 0.0713. The quantitative estimate of drug-likeness (QED) is 0.611. The molecular weight excluding hydrogens is 252 g/mol. The van der Waals surface area contributed by atoms with Gasteiger partial charge in [0.2, 0.25) is 0 Å². The van der Waals surface area contributed by atoms with E-state index >= 15 is 0 Å². The van der Waals surface area contributed by atoms with E-state index in [0.29, 0.717) is 0 Å². The van der Waals surface area contributed by atoms with E-state index in [4.69, 9.17) is 0 Å². The fourth-order valence-corrected chi connectivity index (χ4v) is 2.75. The van der Waals surface area contributed by atoms with Crippen molar-refractivity contribution in [3.05, 3.63) is 70.8 Å². The van der Waals surface area contributed by atoms with Gasteiger partial charge in [-0.15, -0.1) is 0 Å². The molecule has 0 fully saturated rings. The first-order valence-corrected chi connectivity index (χ1v) is 7.87. The zero-order chi connectivity index (χ0) is 15.7. The predicted octanol–water partition coefficient (Wildman–Crippen LogP) is 6.13. The van der Waals surface area contributed by atoms with Gasteiger partial charge in [-0.3, -0.25) is 0 Å². The van der Waals surface area contributed by atoms with Crippen LogP contribution >= 0.6 is 0 Å². The standard InChI is InChI=1S/C21H28/c1-16-10-12-19(13-11-16)21(5,6)18-9-7-8-17(14-15-18)20(2,3)4/h7-8,10-15H,9H2,1-6H3. The van der Waals surface area contributed by atoms with Crippen molar-refractivity contribution < 1.29 is 0 Å². The zero-order valence-electron chi connectivity index (χ0n) is 14.3. The van der Waals surface area contributed by atoms with E-state index in [9.17, 15) is 0 Å². The third-order valence-electron chi connectivity index (χ3n) is 4.54. The molecule has 0 saturated carbocycles. The minimum absolute atomic E-state index is 0.0713. The van der Waals surface area contributed by atoms with Crippen molar-refractivity contribution in [2.24, 2.45) is 5.41 Å². The first-order chi connectivity index (χ1) is 9.71. The molecule has 1 aromatic rings. The topological polar surface area (TPSA) is 0 Å². The Balaban J connectivity index is 2.37. The molecule has 0 aromatic heterocycles. The summed E-state index contributed by atoms with van der Waals surface area (Å²) in [5, 5.41) is 0. The molecule has 1 aromatic carbocycles. The van der Waals surface area contributed by atoms with Gasteiger partial charge in [0.05, 0.1) is 0 Å². The minimum Gasteiger partial charge on any atom is -0.0801 e. The molecule has 0 N–H and O–H groups in total. The van der Waals surface area contributed by atoms with Crippen molar-refractivity contribution in [3.63, 3.8) is 0 Å². The molecule has 0 heteroatoms. The summed E-state index contributed by atoms with van der Waals surface area (Å²) in [5.41, 5.74) is 5.86. The van der Waals surface area contributed by atoms with E-state index in [1.807, 2.05) is 0 Å². The number of benzene rings is 1. The van der Waals surface area contributed by atoms with Crippen LogP contribution in [0, 0.1) is 12.3 Å². The van der Waals surface area contributed by atoms with Crippen LogP contribution in [0.1, 0.15) is 52.2 Å². The van der Waals surface area contributed by atoms with Crippen molar-refractivity contribution in [3.8, 4) is 0 Å². The first kappa shape index (κ1) is 15.8. The molecule has 0 radical (unpaired) electrons. The van der Waals surface area contributed by atoms with Crippen molar-refractivity contribution in [2.75, 3.05) is 0 Å². The van der Waals surface area contributed by atoms with Crippen molar-refractivity contribution in [2.45, 2.75) is 53.4 Å². The fraction of sp³-hybridized carbons (Fsp3) is 0.429. The van der Waals surface area contributed by atoms with Crippen LogP contribution in [0.5, 0.6) is 0 Å². The molecule has 0 unspecified atom stereocenters. The van der Waals surface area contributed by atoms with Crippen LogP contribution in [0.3, 0.4) is 0 Å². The summed E-state index contributed by atoms with van der Waals surface area (Å²) in [6, 6.07) is 8.94. The SMILES string of the molecule is Cc1ccc(C(C)(C)C2=CC=C(C(C)(C)C)C=CC2)cc1. The molecule has 0 heterocycles. The second-order valence-corrected chi connectivity index (χ2v) is 7.66. The van der Waals surface area contributed by atoms with Crippen LogP contribution in [-0.2, 0) is 5.41 Å². The Morgan fingerprint density at radius 2 is 1.48 bits per heavy atom. The highest BCUT2D eigenvalue weighted by Gasteiger charge is 2.25. The summed E-state index contributed by atoms with van der Waals surface area (Å²) in [4.78, 5) is 0. The Hall–Kier alpha value is -1.56. The van der Waals surface area contributed by atoms with E-state index in [-0.39, 0.29) is 10.8 Å². The number of rotatable bonds is 2. The third kappa shape index (κ3) is 3.56. The van der Waals surface area contributed by atoms with Crippen LogP contribution in [0.2, 0.25) is 0 Å². The summed E-state index contributed by atoms with van der Waals surface area (Å²) in [6.45, 7) is 13.6. The molecule has 2 rings (SSSR count). The maximum Gasteiger partial charge on any atom is 0.0111 e. The summed E-state index contributed by atoms with van der Waals surface area (Å²) in [5.74, 6) is 0. The fourth-order valence-electron chi connectivity index (χ4n) is 2.75. The van der Waals surface area contributed by atoms with Gasteiger partial charge in [0.25, 0.3) is 0 Å². The van der Waals surface area contributed by atoms with Gasteiger partial charge >= 0.3 is 0 Å². The molecule has 112 valence electrons. The molecule has 1 aliphatic carbocycles. The largest absolute Gasteiger partial charge is 0.0801 e. The molecule has 0 aliphatic heterocycles. The van der Waals surface area contributed by atoms with Crippen molar-refractivity contribution in [1.82, 2.24) is 0 Å². The third-order valence-corrected chi connectivity index (χ3v) is 4.54. The molecule has 21 heavy (non-hydrogen) atoms. The average Bonchev–Trinajstić information content (AvgIpc) is 2.64. The van der Waals surface area contributed by atoms with Gasteiger partial charge in [-0.1, -0.05) is 94.3 Å². The molecule has 0 saturated heterocycles. The number of hydrogen-bond donors (Lipinski definition) is 0. The van der Waals surface area contributed by atoms with Gasteiger partial charge in [0.1, 0.15) is 0 Å². The Bertz CT molecular complexity index is 584. The summed E-state index contributed by atoms with van der Waals surface area (Å²) < 4.78 is 0. The first-order valence-electron chi connectivity index (χ1n) is 7.87. The Labute approximate surface area is 130 Å². The lowest BCUT2D eigenvalue weighted by Gasteiger charge is -2.28. The van der Waals surface area contributed by atoms with E-state index in [0.717, 1.165) is 6.42 Å². The molecular formula is C21H28. The maximum absolute atomic E-state index is 2.33. The summed E-state index contributed by atoms with van der Waals surface area (Å²) in [6.07, 6.45) is 10.3. The van der Waals surface area contributed by atoms with Crippen LogP contribution in [0.25, 0.3) is 0 Å². The molecule has 0 nitrogen and oxygen atoms in total. The number of aryl methyl sites for hydroxylation is 1. The van der Waals surface area contributed by atoms with Crippen LogP contribution in [0.4, 0.5) is 0 Å². The monoisotopic (exact) mass is 280 g/mol. The van der Waals surface area contributed by atoms with Gasteiger partial charge in [0.15, 0.2) is 0 Å². The van der Waals surface area contributed by atoms with Gasteiger partial charge in [-0.05, 0) is 29.9 Å². The number of allylic oxidation sites excluding steroid dienone is 6. The lowest BCUT2D eigenvalue weighted by Crippen LogP contribution is -2.20. The zero-order valence-corrected chi connectivity index (χ0v) is 14.3. The highest BCUT2D eigenvalue weighted by Crippen LogP contribution is 2.36. The van der Waals surface area contributed by atoms with Gasteiger partial charge in [0, 0.05) is 5.41 Å². The summed E-state index contributed by atoms with van der Waals surface area (Å²) >= 11 is 0. The molecule has 0 atom stereocenters. The predicted molar refractivity (Wildman–Crippen MR) is 93.6 cm³/mol. The molecule has 1 aliphatic rings. The lowest BCUT2D eigenvalue weighted by atomic mass is 9.76. The summed E-state index contributed by atoms with van der Waals surface area (Å²) in [7, 11) is 0. The Kier molecular flexibility index (Phi) is 4.27. The van der Waals surface area contributed by atoms with E-state index < -0.39 is 0 Å². The van der Waals surface area contributed by atoms with E-state index in [1.54, 1.807) is 0 Å². The van der Waals surface area contributed by atoms with Gasteiger partial charge in [-0.2, -0.15) is 0 Å². The van der Waals surface area contributed by atoms with Crippen LogP contribution in [-0.4, -0.2) is 0 Å². The van der Waals surface area contributed by atoms with Gasteiger partial charge in [-0.25, -0.2) is 0 Å². The Morgan fingerprint density at radius 3 is 2.05 bits per heavy atom. The smallest absolute Gasteiger partial charge is 0.0111 e. The second kappa shape index (κ2) is 5.67. The average molecular weight is 280 g/mol.